The highest BCUT2D eigenvalue weighted by Crippen LogP contribution is 2.27. The third-order valence-electron chi connectivity index (χ3n) is 2.85. The third kappa shape index (κ3) is 5.80. The summed E-state index contributed by atoms with van der Waals surface area (Å²) in [4.78, 5) is 23.2. The van der Waals surface area contributed by atoms with Crippen molar-refractivity contribution in [3.05, 3.63) is 47.7 Å². The van der Waals surface area contributed by atoms with Gasteiger partial charge in [0.25, 0.3) is 0 Å². The normalized spacial score (nSPS) is 11.3. The zero-order valence-corrected chi connectivity index (χ0v) is 13.6. The highest BCUT2D eigenvalue weighted by Gasteiger charge is 2.33. The molecule has 2 aromatic heterocycles. The molecule has 0 fully saturated rings. The highest BCUT2D eigenvalue weighted by molar-refractivity contribution is 7.99. The smallest absolute Gasteiger partial charge is 0.355 e. The van der Waals surface area contributed by atoms with E-state index in [1.807, 2.05) is 6.07 Å². The molecule has 0 radical (unpaired) electrons. The Balaban J connectivity index is 1.81. The van der Waals surface area contributed by atoms with Crippen molar-refractivity contribution in [2.75, 3.05) is 12.3 Å². The van der Waals surface area contributed by atoms with Gasteiger partial charge in [-0.25, -0.2) is 15.0 Å². The monoisotopic (exact) mass is 356 g/mol. The van der Waals surface area contributed by atoms with Gasteiger partial charge >= 0.3 is 6.18 Å². The number of nitrogens with zero attached hydrogens (tertiary/aromatic N) is 3. The highest BCUT2D eigenvalue weighted by atomic mass is 32.2. The number of halogens is 3. The minimum absolute atomic E-state index is 0.0556. The lowest BCUT2D eigenvalue weighted by molar-refractivity contribution is -0.141. The Labute approximate surface area is 141 Å². The van der Waals surface area contributed by atoms with Crippen molar-refractivity contribution in [2.45, 2.75) is 24.5 Å². The Morgan fingerprint density at radius 3 is 2.75 bits per heavy atom. The van der Waals surface area contributed by atoms with Gasteiger partial charge in [-0.05, 0) is 25.1 Å². The predicted octanol–water partition coefficient (Wildman–Crippen LogP) is 2.65. The van der Waals surface area contributed by atoms with E-state index in [9.17, 15) is 18.0 Å². The summed E-state index contributed by atoms with van der Waals surface area (Å²) in [6.07, 6.45) is -2.75. The Bertz CT molecular complexity index is 695. The van der Waals surface area contributed by atoms with Crippen molar-refractivity contribution in [2.24, 2.45) is 0 Å². The van der Waals surface area contributed by atoms with Crippen LogP contribution < -0.4 is 5.32 Å². The van der Waals surface area contributed by atoms with Gasteiger partial charge in [0.05, 0.1) is 10.8 Å². The molecule has 2 aromatic rings. The maximum Gasteiger partial charge on any atom is 0.433 e. The maximum atomic E-state index is 12.7. The quantitative estimate of drug-likeness (QED) is 0.806. The first-order valence-corrected chi connectivity index (χ1v) is 8.05. The number of pyridine rings is 1. The molecule has 0 bridgehead atoms. The zero-order valence-electron chi connectivity index (χ0n) is 12.8. The summed E-state index contributed by atoms with van der Waals surface area (Å²) in [5, 5.41) is 3.36. The molecule has 24 heavy (non-hydrogen) atoms. The maximum absolute atomic E-state index is 12.7. The number of carbonyl (C=O) groups is 1. The average Bonchev–Trinajstić information content (AvgIpc) is 2.52. The van der Waals surface area contributed by atoms with Gasteiger partial charge in [-0.1, -0.05) is 17.8 Å². The van der Waals surface area contributed by atoms with Crippen LogP contribution in [0, 0.1) is 6.92 Å². The molecule has 0 atom stereocenters. The number of hydrogen-bond donors (Lipinski definition) is 1. The molecule has 0 aliphatic rings. The van der Waals surface area contributed by atoms with Crippen LogP contribution in [0.2, 0.25) is 0 Å². The Hall–Kier alpha value is -2.16. The van der Waals surface area contributed by atoms with Crippen LogP contribution >= 0.6 is 11.8 Å². The van der Waals surface area contributed by atoms with E-state index in [1.54, 1.807) is 18.3 Å². The zero-order chi connectivity index (χ0) is 17.6. The molecule has 9 heteroatoms. The van der Waals surface area contributed by atoms with Crippen molar-refractivity contribution in [3.8, 4) is 0 Å². The fourth-order valence-corrected chi connectivity index (χ4v) is 2.51. The molecular weight excluding hydrogens is 341 g/mol. The molecule has 0 spiro atoms. The van der Waals surface area contributed by atoms with E-state index in [2.05, 4.69) is 20.3 Å². The minimum Gasteiger partial charge on any atom is -0.355 e. The Morgan fingerprint density at radius 2 is 2.08 bits per heavy atom. The number of carbonyl (C=O) groups excluding carboxylic acids is 1. The fraction of sp³-hybridized carbons (Fsp3) is 0.333. The summed E-state index contributed by atoms with van der Waals surface area (Å²) in [5.41, 5.74) is -0.730. The number of aromatic nitrogens is 3. The van der Waals surface area contributed by atoms with Gasteiger partial charge in [-0.2, -0.15) is 13.2 Å². The number of rotatable bonds is 6. The lowest BCUT2D eigenvalue weighted by atomic mass is 10.3. The molecule has 0 unspecified atom stereocenters. The van der Waals surface area contributed by atoms with Gasteiger partial charge < -0.3 is 5.32 Å². The second kappa shape index (κ2) is 8.09. The summed E-state index contributed by atoms with van der Waals surface area (Å²) in [5.74, 6) is 0.00816. The number of aryl methyl sites for hydroxylation is 1. The fourth-order valence-electron chi connectivity index (χ4n) is 1.82. The van der Waals surface area contributed by atoms with Crippen molar-refractivity contribution in [1.29, 1.82) is 0 Å². The molecule has 0 aromatic carbocycles. The summed E-state index contributed by atoms with van der Waals surface area (Å²) in [7, 11) is 0. The van der Waals surface area contributed by atoms with Crippen LogP contribution in [0.15, 0.2) is 35.5 Å². The number of nitrogens with one attached hydrogen (secondary N) is 1. The first-order valence-electron chi connectivity index (χ1n) is 7.07. The first kappa shape index (κ1) is 18.2. The van der Waals surface area contributed by atoms with Crippen LogP contribution in [0.25, 0.3) is 0 Å². The molecule has 5 nitrogen and oxygen atoms in total. The van der Waals surface area contributed by atoms with E-state index in [1.165, 1.54) is 18.7 Å². The van der Waals surface area contributed by atoms with E-state index in [-0.39, 0.29) is 36.1 Å². The number of amides is 1. The van der Waals surface area contributed by atoms with Crippen LogP contribution in [0.1, 0.15) is 17.2 Å². The first-order chi connectivity index (χ1) is 11.3. The van der Waals surface area contributed by atoms with Crippen LogP contribution in [0.4, 0.5) is 13.2 Å². The van der Waals surface area contributed by atoms with E-state index >= 15 is 0 Å². The topological polar surface area (TPSA) is 67.8 Å². The number of alkyl halides is 3. The predicted molar refractivity (Wildman–Crippen MR) is 83.4 cm³/mol. The molecule has 128 valence electrons. The Kier molecular flexibility index (Phi) is 6.13. The molecule has 0 saturated carbocycles. The second-order valence-corrected chi connectivity index (χ2v) is 5.86. The van der Waals surface area contributed by atoms with Gasteiger partial charge in [-0.3, -0.25) is 4.79 Å². The largest absolute Gasteiger partial charge is 0.433 e. The van der Waals surface area contributed by atoms with Crippen molar-refractivity contribution in [3.63, 3.8) is 0 Å². The minimum atomic E-state index is -4.51. The molecule has 2 heterocycles. The summed E-state index contributed by atoms with van der Waals surface area (Å²) in [6, 6.07) is 6.28. The van der Waals surface area contributed by atoms with E-state index < -0.39 is 11.9 Å². The molecule has 0 aliphatic carbocycles. The summed E-state index contributed by atoms with van der Waals surface area (Å²) in [6.45, 7) is 1.64. The molecule has 2 rings (SSSR count). The standard InChI is InChI=1S/C15H15F3N4OS/c1-10-8-11(15(16,17)18)22-12(21-10)5-7-19-13(23)9-24-14-4-2-3-6-20-14/h2-4,6,8H,5,7,9H2,1H3,(H,19,23). The van der Waals surface area contributed by atoms with Crippen LogP contribution in [-0.4, -0.2) is 33.2 Å². The van der Waals surface area contributed by atoms with E-state index in [0.717, 1.165) is 11.1 Å². The molecule has 1 amide bonds. The van der Waals surface area contributed by atoms with Crippen molar-refractivity contribution < 1.29 is 18.0 Å². The van der Waals surface area contributed by atoms with Gasteiger partial charge in [0.2, 0.25) is 5.91 Å². The van der Waals surface area contributed by atoms with E-state index in [0.29, 0.717) is 0 Å². The van der Waals surface area contributed by atoms with Crippen LogP contribution in [-0.2, 0) is 17.4 Å². The van der Waals surface area contributed by atoms with Gasteiger partial charge in [0.15, 0.2) is 0 Å². The third-order valence-corrected chi connectivity index (χ3v) is 3.79. The van der Waals surface area contributed by atoms with Crippen molar-refractivity contribution in [1.82, 2.24) is 20.3 Å². The van der Waals surface area contributed by atoms with Crippen LogP contribution in [0.5, 0.6) is 0 Å². The molecule has 0 aliphatic heterocycles. The lowest BCUT2D eigenvalue weighted by Gasteiger charge is -2.09. The summed E-state index contributed by atoms with van der Waals surface area (Å²) < 4.78 is 38.1. The molecule has 0 saturated heterocycles. The number of hydrogen-bond acceptors (Lipinski definition) is 5. The average molecular weight is 356 g/mol. The molecular formula is C15H15F3N4OS. The van der Waals surface area contributed by atoms with Gasteiger partial charge in [0.1, 0.15) is 11.5 Å². The summed E-state index contributed by atoms with van der Waals surface area (Å²) >= 11 is 1.28. The lowest BCUT2D eigenvalue weighted by Crippen LogP contribution is -2.28. The van der Waals surface area contributed by atoms with Crippen LogP contribution in [0.3, 0.4) is 0 Å². The van der Waals surface area contributed by atoms with E-state index in [4.69, 9.17) is 0 Å². The Morgan fingerprint density at radius 1 is 1.29 bits per heavy atom. The number of thioether (sulfide) groups is 1. The van der Waals surface area contributed by atoms with Gasteiger partial charge in [0, 0.05) is 24.9 Å². The van der Waals surface area contributed by atoms with Gasteiger partial charge in [-0.15, -0.1) is 0 Å². The second-order valence-electron chi connectivity index (χ2n) is 4.87. The SMILES string of the molecule is Cc1cc(C(F)(F)F)nc(CCNC(=O)CSc2ccccn2)n1. The van der Waals surface area contributed by atoms with Crippen molar-refractivity contribution >= 4 is 17.7 Å². The molecule has 1 N–H and O–H groups in total.